The number of methoxy groups -OCH3 is 1. The molecule has 0 bridgehead atoms. The fourth-order valence-corrected chi connectivity index (χ4v) is 2.77. The number of nitrogens with one attached hydrogen (secondary N) is 2. The maximum absolute atomic E-state index is 12.5. The van der Waals surface area contributed by atoms with Crippen molar-refractivity contribution in [2.75, 3.05) is 12.4 Å². The summed E-state index contributed by atoms with van der Waals surface area (Å²) in [5.74, 6) is 0.337. The first-order valence-corrected chi connectivity index (χ1v) is 8.90. The van der Waals surface area contributed by atoms with Crippen LogP contribution in [-0.4, -0.2) is 13.0 Å². The molecule has 1 atom stereocenters. The molecule has 2 aromatic rings. The van der Waals surface area contributed by atoms with Crippen molar-refractivity contribution >= 4 is 11.6 Å². The molecule has 0 aromatic heterocycles. The molecule has 0 spiro atoms. The lowest BCUT2D eigenvalue weighted by Crippen LogP contribution is -2.28. The molecule has 0 radical (unpaired) electrons. The van der Waals surface area contributed by atoms with E-state index in [1.165, 1.54) is 6.20 Å². The van der Waals surface area contributed by atoms with Gasteiger partial charge in [-0.3, -0.25) is 4.79 Å². The molecule has 1 amide bonds. The van der Waals surface area contributed by atoms with Crippen LogP contribution in [0.4, 0.5) is 5.69 Å². The number of hydrogen-bond acceptors (Lipinski definition) is 4. The maximum Gasteiger partial charge on any atom is 0.263 e. The van der Waals surface area contributed by atoms with Crippen molar-refractivity contribution in [2.45, 2.75) is 33.2 Å². The van der Waals surface area contributed by atoms with Gasteiger partial charge in [0.05, 0.1) is 13.2 Å². The van der Waals surface area contributed by atoms with Crippen molar-refractivity contribution in [3.63, 3.8) is 0 Å². The van der Waals surface area contributed by atoms with Gasteiger partial charge in [0.1, 0.15) is 17.4 Å². The highest BCUT2D eigenvalue weighted by Gasteiger charge is 2.14. The number of carbonyl (C=O) groups excluding carboxylic acids is 1. The minimum Gasteiger partial charge on any atom is -0.497 e. The molecule has 1 unspecified atom stereocenters. The van der Waals surface area contributed by atoms with Gasteiger partial charge in [0.2, 0.25) is 0 Å². The molecule has 0 saturated heterocycles. The number of amides is 1. The topological polar surface area (TPSA) is 74.2 Å². The number of nitrogens with zero attached hydrogens (tertiary/aromatic N) is 1. The zero-order chi connectivity index (χ0) is 19.8. The lowest BCUT2D eigenvalue weighted by atomic mass is 10.1. The molecule has 5 heteroatoms. The Kier molecular flexibility index (Phi) is 7.01. The Hall–Kier alpha value is -3.26. The summed E-state index contributed by atoms with van der Waals surface area (Å²) in [7, 11) is 1.61. The third-order valence-electron chi connectivity index (χ3n) is 4.43. The van der Waals surface area contributed by atoms with Crippen molar-refractivity contribution < 1.29 is 9.53 Å². The first kappa shape index (κ1) is 20.1. The van der Waals surface area contributed by atoms with Crippen LogP contribution in [0.25, 0.3) is 0 Å². The quantitative estimate of drug-likeness (QED) is 0.569. The van der Waals surface area contributed by atoms with Crippen molar-refractivity contribution in [3.8, 4) is 11.8 Å². The number of anilines is 1. The van der Waals surface area contributed by atoms with Crippen molar-refractivity contribution in [1.82, 2.24) is 5.32 Å². The van der Waals surface area contributed by atoms with Crippen LogP contribution in [-0.2, 0) is 11.2 Å². The van der Waals surface area contributed by atoms with Crippen LogP contribution in [0.1, 0.15) is 36.6 Å². The lowest BCUT2D eigenvalue weighted by Gasteiger charge is -2.15. The van der Waals surface area contributed by atoms with E-state index in [-0.39, 0.29) is 11.6 Å². The predicted octanol–water partition coefficient (Wildman–Crippen LogP) is 4.26. The Labute approximate surface area is 160 Å². The van der Waals surface area contributed by atoms with Gasteiger partial charge in [-0.25, -0.2) is 0 Å². The van der Waals surface area contributed by atoms with E-state index in [1.807, 2.05) is 62.4 Å². The number of aryl methyl sites for hydroxylation is 2. The van der Waals surface area contributed by atoms with Gasteiger partial charge < -0.3 is 15.4 Å². The Balaban J connectivity index is 2.11. The van der Waals surface area contributed by atoms with E-state index in [4.69, 9.17) is 4.74 Å². The number of carbonyl (C=O) groups is 1. The average Bonchev–Trinajstić information content (AvgIpc) is 2.69. The highest BCUT2D eigenvalue weighted by molar-refractivity contribution is 5.97. The van der Waals surface area contributed by atoms with Gasteiger partial charge in [0, 0.05) is 11.9 Å². The second kappa shape index (κ2) is 9.44. The standard InChI is InChI=1S/C22H25N3O2/c1-5-17-8-6-7-15(2)21(17)24-14-19(13-23)22(26)25-16(3)18-9-11-20(27-4)12-10-18/h6-12,14,16,24H,5H2,1-4H3,(H,25,26)/b19-14-. The summed E-state index contributed by atoms with van der Waals surface area (Å²) in [4.78, 5) is 12.5. The van der Waals surface area contributed by atoms with Crippen LogP contribution in [0.15, 0.2) is 54.2 Å². The monoisotopic (exact) mass is 363 g/mol. The fraction of sp³-hybridized carbons (Fsp3) is 0.273. The summed E-state index contributed by atoms with van der Waals surface area (Å²) < 4.78 is 5.14. The van der Waals surface area contributed by atoms with Crippen LogP contribution >= 0.6 is 0 Å². The molecule has 0 heterocycles. The Morgan fingerprint density at radius 2 is 1.96 bits per heavy atom. The van der Waals surface area contributed by atoms with Crippen LogP contribution in [0, 0.1) is 18.3 Å². The fourth-order valence-electron chi connectivity index (χ4n) is 2.77. The molecule has 5 nitrogen and oxygen atoms in total. The number of rotatable bonds is 7. The van der Waals surface area contributed by atoms with E-state index in [9.17, 15) is 10.1 Å². The van der Waals surface area contributed by atoms with E-state index in [0.717, 1.165) is 34.5 Å². The van der Waals surface area contributed by atoms with Crippen LogP contribution in [0.5, 0.6) is 5.75 Å². The zero-order valence-corrected chi connectivity index (χ0v) is 16.2. The molecule has 0 aliphatic rings. The summed E-state index contributed by atoms with van der Waals surface area (Å²) in [6, 6.07) is 15.2. The first-order chi connectivity index (χ1) is 13.0. The molecule has 2 N–H and O–H groups in total. The Morgan fingerprint density at radius 1 is 1.26 bits per heavy atom. The third-order valence-corrected chi connectivity index (χ3v) is 4.43. The maximum atomic E-state index is 12.5. The van der Waals surface area contributed by atoms with Gasteiger partial charge in [0.15, 0.2) is 0 Å². The highest BCUT2D eigenvalue weighted by atomic mass is 16.5. The zero-order valence-electron chi connectivity index (χ0n) is 16.2. The number of ether oxygens (including phenoxy) is 1. The Bertz CT molecular complexity index is 864. The van der Waals surface area contributed by atoms with E-state index in [1.54, 1.807) is 7.11 Å². The largest absolute Gasteiger partial charge is 0.497 e. The van der Waals surface area contributed by atoms with Crippen molar-refractivity contribution in [3.05, 3.63) is 70.9 Å². The second-order valence-corrected chi connectivity index (χ2v) is 6.25. The third kappa shape index (κ3) is 5.11. The Morgan fingerprint density at radius 3 is 2.56 bits per heavy atom. The summed E-state index contributed by atoms with van der Waals surface area (Å²) in [6.45, 7) is 5.93. The summed E-state index contributed by atoms with van der Waals surface area (Å²) in [6.07, 6.45) is 2.33. The van der Waals surface area contributed by atoms with E-state index in [0.29, 0.717) is 0 Å². The van der Waals surface area contributed by atoms with Crippen LogP contribution < -0.4 is 15.4 Å². The van der Waals surface area contributed by atoms with Crippen LogP contribution in [0.3, 0.4) is 0 Å². The van der Waals surface area contributed by atoms with E-state index >= 15 is 0 Å². The SMILES string of the molecule is CCc1cccc(C)c1N/C=C(/C#N)C(=O)NC(C)c1ccc(OC)cc1. The molecular weight excluding hydrogens is 338 g/mol. The van der Waals surface area contributed by atoms with E-state index < -0.39 is 5.91 Å². The minimum atomic E-state index is -0.417. The summed E-state index contributed by atoms with van der Waals surface area (Å²) in [5, 5.41) is 15.4. The van der Waals surface area contributed by atoms with Gasteiger partial charge in [-0.15, -0.1) is 0 Å². The number of nitriles is 1. The molecule has 0 aliphatic heterocycles. The average molecular weight is 363 g/mol. The molecule has 2 rings (SSSR count). The molecule has 27 heavy (non-hydrogen) atoms. The van der Waals surface area contributed by atoms with Gasteiger partial charge in [-0.05, 0) is 49.1 Å². The van der Waals surface area contributed by atoms with Crippen LogP contribution in [0.2, 0.25) is 0 Å². The number of benzene rings is 2. The molecule has 2 aromatic carbocycles. The summed E-state index contributed by atoms with van der Waals surface area (Å²) >= 11 is 0. The number of para-hydroxylation sites is 1. The van der Waals surface area contributed by atoms with Gasteiger partial charge in [0.25, 0.3) is 5.91 Å². The second-order valence-electron chi connectivity index (χ2n) is 6.25. The summed E-state index contributed by atoms with van der Waals surface area (Å²) in [5.41, 5.74) is 4.09. The highest BCUT2D eigenvalue weighted by Crippen LogP contribution is 2.21. The van der Waals surface area contributed by atoms with Gasteiger partial charge in [-0.2, -0.15) is 5.26 Å². The smallest absolute Gasteiger partial charge is 0.263 e. The van der Waals surface area contributed by atoms with Gasteiger partial charge >= 0.3 is 0 Å². The molecule has 140 valence electrons. The molecule has 0 fully saturated rings. The number of hydrogen-bond donors (Lipinski definition) is 2. The van der Waals surface area contributed by atoms with Crippen molar-refractivity contribution in [2.24, 2.45) is 0 Å². The normalized spacial score (nSPS) is 12.0. The predicted molar refractivity (Wildman–Crippen MR) is 107 cm³/mol. The molecule has 0 saturated carbocycles. The minimum absolute atomic E-state index is 0.0284. The van der Waals surface area contributed by atoms with Gasteiger partial charge in [-0.1, -0.05) is 37.3 Å². The van der Waals surface area contributed by atoms with Crippen molar-refractivity contribution in [1.29, 1.82) is 5.26 Å². The lowest BCUT2D eigenvalue weighted by molar-refractivity contribution is -0.117. The first-order valence-electron chi connectivity index (χ1n) is 8.90. The molecular formula is C22H25N3O2. The van der Waals surface area contributed by atoms with E-state index in [2.05, 4.69) is 17.6 Å². The molecule has 0 aliphatic carbocycles.